The minimum atomic E-state index is -0.419. The average Bonchev–Trinajstić information content (AvgIpc) is 2.97. The summed E-state index contributed by atoms with van der Waals surface area (Å²) in [5.74, 6) is 0.319. The molecule has 0 unspecified atom stereocenters. The van der Waals surface area contributed by atoms with Gasteiger partial charge in [0.1, 0.15) is 6.10 Å². The van der Waals surface area contributed by atoms with Gasteiger partial charge in [0.05, 0.1) is 24.7 Å². The summed E-state index contributed by atoms with van der Waals surface area (Å²) in [5.41, 5.74) is 1.76. The Labute approximate surface area is 103 Å². The number of hydrogen-bond donors (Lipinski definition) is 0. The predicted molar refractivity (Wildman–Crippen MR) is 64.2 cm³/mol. The van der Waals surface area contributed by atoms with Gasteiger partial charge in [0, 0.05) is 24.3 Å². The zero-order valence-electron chi connectivity index (χ0n) is 9.67. The molecular weight excluding hydrogens is 236 g/mol. The van der Waals surface area contributed by atoms with Crippen LogP contribution in [0.15, 0.2) is 17.1 Å². The molecule has 94 valence electrons. The van der Waals surface area contributed by atoms with E-state index in [2.05, 4.69) is 4.99 Å². The van der Waals surface area contributed by atoms with E-state index in [1.807, 2.05) is 0 Å². The van der Waals surface area contributed by atoms with Gasteiger partial charge in [-0.2, -0.15) is 0 Å². The molecule has 2 heterocycles. The molecule has 1 saturated heterocycles. The van der Waals surface area contributed by atoms with Crippen molar-refractivity contribution in [1.29, 1.82) is 0 Å². The highest BCUT2D eigenvalue weighted by Gasteiger charge is 2.25. The van der Waals surface area contributed by atoms with Crippen LogP contribution >= 0.6 is 0 Å². The molecule has 1 atom stereocenters. The number of benzene rings is 1. The Morgan fingerprint density at radius 2 is 2.39 bits per heavy atom. The lowest BCUT2D eigenvalue weighted by molar-refractivity contribution is -0.386. The number of nitro groups is 1. The van der Waals surface area contributed by atoms with Crippen molar-refractivity contribution in [3.8, 4) is 5.75 Å². The van der Waals surface area contributed by atoms with Crippen LogP contribution in [0.3, 0.4) is 0 Å². The second kappa shape index (κ2) is 4.38. The molecule has 0 aromatic heterocycles. The van der Waals surface area contributed by atoms with Crippen molar-refractivity contribution in [2.45, 2.75) is 19.1 Å². The summed E-state index contributed by atoms with van der Waals surface area (Å²) in [5, 5.41) is 11.0. The first-order valence-electron chi connectivity index (χ1n) is 5.79. The molecule has 6 heteroatoms. The van der Waals surface area contributed by atoms with Crippen LogP contribution in [0.1, 0.15) is 17.5 Å². The average molecular weight is 248 g/mol. The van der Waals surface area contributed by atoms with Gasteiger partial charge in [0.2, 0.25) is 0 Å². The second-order valence-electron chi connectivity index (χ2n) is 4.35. The monoisotopic (exact) mass is 248 g/mol. The quantitative estimate of drug-likeness (QED) is 0.602. The maximum Gasteiger partial charge on any atom is 0.311 e. The Kier molecular flexibility index (Phi) is 2.71. The summed E-state index contributed by atoms with van der Waals surface area (Å²) in [7, 11) is 0. The number of rotatable bonds is 3. The lowest BCUT2D eigenvalue weighted by atomic mass is 10.1. The zero-order valence-corrected chi connectivity index (χ0v) is 9.67. The molecule has 0 aliphatic carbocycles. The molecule has 0 amide bonds. The number of aliphatic imine (C=N–C) groups is 1. The maximum atomic E-state index is 11.0. The van der Waals surface area contributed by atoms with Gasteiger partial charge in [-0.1, -0.05) is 0 Å². The minimum absolute atomic E-state index is 0.00556. The molecule has 0 radical (unpaired) electrons. The molecule has 6 nitrogen and oxygen atoms in total. The van der Waals surface area contributed by atoms with Gasteiger partial charge >= 0.3 is 5.69 Å². The van der Waals surface area contributed by atoms with Crippen LogP contribution in [0.2, 0.25) is 0 Å². The van der Waals surface area contributed by atoms with E-state index in [1.54, 1.807) is 12.3 Å². The first-order chi connectivity index (χ1) is 8.74. The van der Waals surface area contributed by atoms with Crippen molar-refractivity contribution in [3.05, 3.63) is 33.4 Å². The second-order valence-corrected chi connectivity index (χ2v) is 4.35. The maximum absolute atomic E-state index is 11.0. The molecule has 3 rings (SSSR count). The molecular formula is C12H12N2O4. The highest BCUT2D eigenvalue weighted by molar-refractivity contribution is 5.86. The molecule has 0 bridgehead atoms. The number of hydrogen-bond acceptors (Lipinski definition) is 5. The first kappa shape index (κ1) is 11.2. The zero-order chi connectivity index (χ0) is 12.5. The van der Waals surface area contributed by atoms with E-state index in [-0.39, 0.29) is 11.8 Å². The van der Waals surface area contributed by atoms with Crippen molar-refractivity contribution >= 4 is 11.9 Å². The van der Waals surface area contributed by atoms with E-state index >= 15 is 0 Å². The molecule has 1 aromatic rings. The van der Waals surface area contributed by atoms with E-state index in [4.69, 9.17) is 9.47 Å². The Hall–Kier alpha value is -1.95. The largest absolute Gasteiger partial charge is 0.481 e. The van der Waals surface area contributed by atoms with Gasteiger partial charge < -0.3 is 9.47 Å². The van der Waals surface area contributed by atoms with Crippen molar-refractivity contribution in [3.63, 3.8) is 0 Å². The fourth-order valence-corrected chi connectivity index (χ4v) is 2.15. The van der Waals surface area contributed by atoms with E-state index < -0.39 is 4.92 Å². The molecule has 0 N–H and O–H groups in total. The van der Waals surface area contributed by atoms with Gasteiger partial charge in [-0.15, -0.1) is 0 Å². The van der Waals surface area contributed by atoms with E-state index in [0.717, 1.165) is 17.5 Å². The third-order valence-corrected chi connectivity index (χ3v) is 3.09. The Balaban J connectivity index is 1.94. The SMILES string of the molecule is O=[N+]([O-])c1cc2c(cc1O[C@H]1CCOC1)CN=C2. The van der Waals surface area contributed by atoms with Crippen LogP contribution in [0.25, 0.3) is 0 Å². The van der Waals surface area contributed by atoms with Gasteiger partial charge in [-0.05, 0) is 11.6 Å². The normalized spacial score (nSPS) is 21.0. The topological polar surface area (TPSA) is 74.0 Å². The van der Waals surface area contributed by atoms with E-state index in [9.17, 15) is 10.1 Å². The van der Waals surface area contributed by atoms with E-state index in [1.165, 1.54) is 6.07 Å². The molecule has 2 aliphatic rings. The molecule has 0 spiro atoms. The summed E-state index contributed by atoms with van der Waals surface area (Å²) in [6.07, 6.45) is 2.33. The fraction of sp³-hybridized carbons (Fsp3) is 0.417. The lowest BCUT2D eigenvalue weighted by Crippen LogP contribution is -2.16. The predicted octanol–water partition coefficient (Wildman–Crippen LogP) is 1.69. The standard InChI is InChI=1S/C12H12N2O4/c15-14(16)11-3-8-5-13-6-9(8)4-12(11)18-10-1-2-17-7-10/h3-5,10H,1-2,6-7H2/t10-/m0/s1. The number of fused-ring (bicyclic) bond motifs is 1. The van der Waals surface area contributed by atoms with Crippen molar-refractivity contribution in [1.82, 2.24) is 0 Å². The summed E-state index contributed by atoms with van der Waals surface area (Å²) in [4.78, 5) is 14.7. The van der Waals surface area contributed by atoms with Crippen molar-refractivity contribution in [2.24, 2.45) is 4.99 Å². The Morgan fingerprint density at radius 3 is 3.11 bits per heavy atom. The minimum Gasteiger partial charge on any atom is -0.481 e. The number of ether oxygens (including phenoxy) is 2. The summed E-state index contributed by atoms with van der Waals surface area (Å²) in [6, 6.07) is 3.25. The van der Waals surface area contributed by atoms with Crippen LogP contribution in [-0.4, -0.2) is 30.5 Å². The van der Waals surface area contributed by atoms with Crippen molar-refractivity contribution < 1.29 is 14.4 Å². The lowest BCUT2D eigenvalue weighted by Gasteiger charge is -2.12. The highest BCUT2D eigenvalue weighted by atomic mass is 16.6. The summed E-state index contributed by atoms with van der Waals surface area (Å²) < 4.78 is 10.9. The Bertz CT molecular complexity index is 521. The van der Waals surface area contributed by atoms with Crippen LogP contribution in [0.5, 0.6) is 5.75 Å². The van der Waals surface area contributed by atoms with Crippen LogP contribution < -0.4 is 4.74 Å². The van der Waals surface area contributed by atoms with Gasteiger partial charge in [0.25, 0.3) is 0 Å². The highest BCUT2D eigenvalue weighted by Crippen LogP contribution is 2.33. The van der Waals surface area contributed by atoms with Crippen molar-refractivity contribution in [2.75, 3.05) is 13.2 Å². The van der Waals surface area contributed by atoms with Crippen LogP contribution in [-0.2, 0) is 11.3 Å². The van der Waals surface area contributed by atoms with Gasteiger partial charge in [0.15, 0.2) is 5.75 Å². The molecule has 1 aromatic carbocycles. The first-order valence-corrected chi connectivity index (χ1v) is 5.79. The van der Waals surface area contributed by atoms with Gasteiger partial charge in [-0.25, -0.2) is 0 Å². The van der Waals surface area contributed by atoms with E-state index in [0.29, 0.717) is 25.5 Å². The fourth-order valence-electron chi connectivity index (χ4n) is 2.15. The number of nitrogens with zero attached hydrogens (tertiary/aromatic N) is 2. The molecule has 0 saturated carbocycles. The van der Waals surface area contributed by atoms with Crippen LogP contribution in [0.4, 0.5) is 5.69 Å². The van der Waals surface area contributed by atoms with Gasteiger partial charge in [-0.3, -0.25) is 15.1 Å². The number of nitro benzene ring substituents is 1. The summed E-state index contributed by atoms with van der Waals surface area (Å²) >= 11 is 0. The van der Waals surface area contributed by atoms with Crippen LogP contribution in [0, 0.1) is 10.1 Å². The summed E-state index contributed by atoms with van der Waals surface area (Å²) in [6.45, 7) is 1.70. The third kappa shape index (κ3) is 1.95. The smallest absolute Gasteiger partial charge is 0.311 e. The Morgan fingerprint density at radius 1 is 1.50 bits per heavy atom. The third-order valence-electron chi connectivity index (χ3n) is 3.09. The molecule has 2 aliphatic heterocycles. The molecule has 1 fully saturated rings. The molecule has 18 heavy (non-hydrogen) atoms.